The van der Waals surface area contributed by atoms with Gasteiger partial charge in [-0.05, 0) is 13.8 Å². The molecule has 1 aliphatic rings. The van der Waals surface area contributed by atoms with Gasteiger partial charge in [-0.2, -0.15) is 0 Å². The van der Waals surface area contributed by atoms with Crippen molar-refractivity contribution in [3.05, 3.63) is 0 Å². The van der Waals surface area contributed by atoms with Crippen LogP contribution in [-0.4, -0.2) is 47.3 Å². The van der Waals surface area contributed by atoms with Gasteiger partial charge in [-0.15, -0.1) is 0 Å². The van der Waals surface area contributed by atoms with Gasteiger partial charge in [-0.3, -0.25) is 9.59 Å². The Balaban J connectivity index is 0.000000281. The van der Waals surface area contributed by atoms with Crippen LogP contribution in [0.15, 0.2) is 0 Å². The van der Waals surface area contributed by atoms with E-state index in [-0.39, 0.29) is 12.8 Å². The lowest BCUT2D eigenvalue weighted by Gasteiger charge is -2.31. The Hall–Kier alpha value is -1.14. The van der Waals surface area contributed by atoms with Crippen LogP contribution >= 0.6 is 0 Å². The second kappa shape index (κ2) is 7.19. The maximum Gasteiger partial charge on any atom is 0.303 e. The fraction of sp³-hybridized carbons (Fsp3) is 0.800. The van der Waals surface area contributed by atoms with Crippen LogP contribution in [0.25, 0.3) is 0 Å². The monoisotopic (exact) mass is 232 g/mol. The lowest BCUT2D eigenvalue weighted by atomic mass is 10.0. The van der Waals surface area contributed by atoms with Crippen molar-refractivity contribution < 1.29 is 19.8 Å². The Labute approximate surface area is 95.0 Å². The number of carboxylic acid groups (broad SMARTS) is 2. The van der Waals surface area contributed by atoms with E-state index in [1.807, 2.05) is 0 Å². The third-order valence-corrected chi connectivity index (χ3v) is 2.03. The molecule has 0 radical (unpaired) electrons. The molecule has 0 aromatic rings. The van der Waals surface area contributed by atoms with Gasteiger partial charge in [0, 0.05) is 25.2 Å². The molecule has 0 saturated carbocycles. The molecule has 0 aromatic carbocycles. The molecule has 1 fully saturated rings. The van der Waals surface area contributed by atoms with Crippen molar-refractivity contribution in [1.82, 2.24) is 10.6 Å². The summed E-state index contributed by atoms with van der Waals surface area (Å²) in [4.78, 5) is 19.3. The van der Waals surface area contributed by atoms with Gasteiger partial charge in [0.25, 0.3) is 0 Å². The second-order valence-electron chi connectivity index (χ2n) is 4.27. The smallest absolute Gasteiger partial charge is 0.303 e. The minimum absolute atomic E-state index is 0.296. The van der Waals surface area contributed by atoms with Crippen LogP contribution < -0.4 is 10.6 Å². The maximum atomic E-state index is 9.64. The van der Waals surface area contributed by atoms with Crippen molar-refractivity contribution in [2.75, 3.05) is 19.6 Å². The zero-order chi connectivity index (χ0) is 12.6. The molecule has 0 atom stereocenters. The van der Waals surface area contributed by atoms with Crippen molar-refractivity contribution in [1.29, 1.82) is 0 Å². The fourth-order valence-electron chi connectivity index (χ4n) is 1.17. The minimum atomic E-state index is -1.08. The SMILES string of the molecule is CC1(C)CNCCN1.O=C(O)CCC(=O)O. The number of rotatable bonds is 3. The van der Waals surface area contributed by atoms with Crippen LogP contribution in [-0.2, 0) is 9.59 Å². The minimum Gasteiger partial charge on any atom is -0.481 e. The highest BCUT2D eigenvalue weighted by atomic mass is 16.4. The highest BCUT2D eigenvalue weighted by Crippen LogP contribution is 2.00. The average molecular weight is 232 g/mol. The average Bonchev–Trinajstić information content (AvgIpc) is 2.15. The zero-order valence-corrected chi connectivity index (χ0v) is 9.75. The number of piperazine rings is 1. The topological polar surface area (TPSA) is 98.7 Å². The normalized spacial score (nSPS) is 18.1. The molecule has 6 nitrogen and oxygen atoms in total. The van der Waals surface area contributed by atoms with Gasteiger partial charge in [0.1, 0.15) is 0 Å². The number of nitrogens with one attached hydrogen (secondary N) is 2. The molecule has 1 rings (SSSR count). The summed E-state index contributed by atoms with van der Waals surface area (Å²) in [5.74, 6) is -2.15. The first-order chi connectivity index (χ1) is 7.33. The van der Waals surface area contributed by atoms with Gasteiger partial charge in [-0.1, -0.05) is 0 Å². The molecular formula is C10H20N2O4. The summed E-state index contributed by atoms with van der Waals surface area (Å²) >= 11 is 0. The van der Waals surface area contributed by atoms with E-state index in [0.717, 1.165) is 19.6 Å². The van der Waals surface area contributed by atoms with Crippen LogP contribution in [0, 0.1) is 0 Å². The lowest BCUT2D eigenvalue weighted by molar-refractivity contribution is -0.143. The fourth-order valence-corrected chi connectivity index (χ4v) is 1.17. The number of aliphatic carboxylic acids is 2. The Kier molecular flexibility index (Phi) is 6.67. The Bertz CT molecular complexity index is 219. The molecule has 16 heavy (non-hydrogen) atoms. The molecule has 0 spiro atoms. The summed E-state index contributed by atoms with van der Waals surface area (Å²) in [6.07, 6.45) is -0.593. The van der Waals surface area contributed by atoms with Crippen LogP contribution in [0.4, 0.5) is 0 Å². The molecule has 4 N–H and O–H groups in total. The van der Waals surface area contributed by atoms with Gasteiger partial charge in [0.15, 0.2) is 0 Å². The molecule has 6 heteroatoms. The van der Waals surface area contributed by atoms with Crippen molar-refractivity contribution in [3.63, 3.8) is 0 Å². The first-order valence-corrected chi connectivity index (χ1v) is 5.23. The van der Waals surface area contributed by atoms with E-state index in [9.17, 15) is 9.59 Å². The van der Waals surface area contributed by atoms with E-state index < -0.39 is 11.9 Å². The zero-order valence-electron chi connectivity index (χ0n) is 9.75. The summed E-state index contributed by atoms with van der Waals surface area (Å²) in [7, 11) is 0. The summed E-state index contributed by atoms with van der Waals surface area (Å²) < 4.78 is 0. The third kappa shape index (κ3) is 9.42. The number of carboxylic acids is 2. The van der Waals surface area contributed by atoms with Crippen molar-refractivity contribution in [2.45, 2.75) is 32.2 Å². The third-order valence-electron chi connectivity index (χ3n) is 2.03. The lowest BCUT2D eigenvalue weighted by Crippen LogP contribution is -2.55. The summed E-state index contributed by atoms with van der Waals surface area (Å²) in [6.45, 7) is 7.72. The summed E-state index contributed by atoms with van der Waals surface area (Å²) in [5, 5.41) is 22.5. The van der Waals surface area contributed by atoms with Gasteiger partial charge in [0.2, 0.25) is 0 Å². The highest BCUT2D eigenvalue weighted by molar-refractivity contribution is 5.75. The molecule has 1 saturated heterocycles. The Morgan fingerprint density at radius 3 is 1.81 bits per heavy atom. The highest BCUT2D eigenvalue weighted by Gasteiger charge is 2.18. The molecule has 0 amide bonds. The number of hydrogen-bond acceptors (Lipinski definition) is 4. The summed E-state index contributed by atoms with van der Waals surface area (Å²) in [5.41, 5.74) is 0.318. The van der Waals surface area contributed by atoms with Crippen LogP contribution in [0.1, 0.15) is 26.7 Å². The molecule has 0 unspecified atom stereocenters. The van der Waals surface area contributed by atoms with E-state index >= 15 is 0 Å². The van der Waals surface area contributed by atoms with E-state index in [0.29, 0.717) is 5.54 Å². The summed E-state index contributed by atoms with van der Waals surface area (Å²) in [6, 6.07) is 0. The molecule has 0 aliphatic carbocycles. The van der Waals surface area contributed by atoms with E-state index in [1.165, 1.54) is 0 Å². The quantitative estimate of drug-likeness (QED) is 0.542. The first kappa shape index (κ1) is 14.9. The van der Waals surface area contributed by atoms with Gasteiger partial charge < -0.3 is 20.8 Å². The molecule has 0 aromatic heterocycles. The van der Waals surface area contributed by atoms with Crippen molar-refractivity contribution in [3.8, 4) is 0 Å². The van der Waals surface area contributed by atoms with Crippen molar-refractivity contribution in [2.24, 2.45) is 0 Å². The van der Waals surface area contributed by atoms with Gasteiger partial charge >= 0.3 is 11.9 Å². The van der Waals surface area contributed by atoms with E-state index in [2.05, 4.69) is 24.5 Å². The molecule has 1 heterocycles. The molecule has 0 bridgehead atoms. The largest absolute Gasteiger partial charge is 0.481 e. The maximum absolute atomic E-state index is 9.64. The second-order valence-corrected chi connectivity index (χ2v) is 4.27. The Morgan fingerprint density at radius 1 is 1.12 bits per heavy atom. The van der Waals surface area contributed by atoms with Gasteiger partial charge in [-0.25, -0.2) is 0 Å². The first-order valence-electron chi connectivity index (χ1n) is 5.23. The molecule has 94 valence electrons. The predicted octanol–water partition coefficient (Wildman–Crippen LogP) is -0.106. The van der Waals surface area contributed by atoms with E-state index in [1.54, 1.807) is 0 Å². The van der Waals surface area contributed by atoms with Crippen molar-refractivity contribution >= 4 is 11.9 Å². The molecule has 1 aliphatic heterocycles. The van der Waals surface area contributed by atoms with Gasteiger partial charge in [0.05, 0.1) is 12.8 Å². The predicted molar refractivity (Wildman–Crippen MR) is 59.5 cm³/mol. The van der Waals surface area contributed by atoms with E-state index in [4.69, 9.17) is 10.2 Å². The van der Waals surface area contributed by atoms with Crippen LogP contribution in [0.2, 0.25) is 0 Å². The molecular weight excluding hydrogens is 212 g/mol. The van der Waals surface area contributed by atoms with Crippen LogP contribution in [0.3, 0.4) is 0 Å². The number of hydrogen-bond donors (Lipinski definition) is 4. The number of carbonyl (C=O) groups is 2. The standard InChI is InChI=1S/C6H14N2.C4H6O4/c1-6(2)5-7-3-4-8-6;5-3(6)1-2-4(7)8/h7-8H,3-5H2,1-2H3;1-2H2,(H,5,6)(H,7,8). The van der Waals surface area contributed by atoms with Crippen LogP contribution in [0.5, 0.6) is 0 Å². The Morgan fingerprint density at radius 2 is 1.62 bits per heavy atom.